The zero-order valence-electron chi connectivity index (χ0n) is 18.6. The lowest BCUT2D eigenvalue weighted by atomic mass is 9.96. The lowest BCUT2D eigenvalue weighted by molar-refractivity contribution is 0.0724. The zero-order chi connectivity index (χ0) is 21.7. The van der Waals surface area contributed by atoms with Crippen molar-refractivity contribution in [2.24, 2.45) is 4.99 Å². The molecule has 0 spiro atoms. The Kier molecular flexibility index (Phi) is 8.51. The van der Waals surface area contributed by atoms with E-state index in [0.717, 1.165) is 55.5 Å². The standard InChI is InChI=1S/C25H31FN4O.HI/c1-27-24(29-18-25(11-12-25)21-9-6-10-22(26)16-21)28-17-19-7-5-8-20(15-19)23(31)30-13-3-2-4-14-30;/h5-10,15-16H,2-4,11-14,17-18H2,1H3,(H2,27,28,29);1H. The number of benzene rings is 2. The smallest absolute Gasteiger partial charge is 0.253 e. The van der Waals surface area contributed by atoms with Gasteiger partial charge in [-0.15, -0.1) is 24.0 Å². The Morgan fingerprint density at radius 2 is 1.81 bits per heavy atom. The van der Waals surface area contributed by atoms with E-state index in [-0.39, 0.29) is 41.1 Å². The number of carbonyl (C=O) groups is 1. The molecular weight excluding hydrogens is 518 g/mol. The van der Waals surface area contributed by atoms with Gasteiger partial charge in [-0.3, -0.25) is 9.79 Å². The number of guanidine groups is 1. The molecule has 2 aliphatic rings. The molecule has 0 unspecified atom stereocenters. The van der Waals surface area contributed by atoms with Gasteiger partial charge in [0.2, 0.25) is 0 Å². The summed E-state index contributed by atoms with van der Waals surface area (Å²) in [7, 11) is 1.74. The summed E-state index contributed by atoms with van der Waals surface area (Å²) in [5.74, 6) is 0.635. The number of halogens is 2. The first-order valence-electron chi connectivity index (χ1n) is 11.2. The number of nitrogens with zero attached hydrogens (tertiary/aromatic N) is 2. The van der Waals surface area contributed by atoms with Crippen LogP contribution in [0.1, 0.15) is 53.6 Å². The van der Waals surface area contributed by atoms with Gasteiger partial charge in [-0.05, 0) is 67.5 Å². The van der Waals surface area contributed by atoms with Crippen molar-refractivity contribution >= 4 is 35.8 Å². The second-order valence-corrected chi connectivity index (χ2v) is 8.62. The van der Waals surface area contributed by atoms with E-state index >= 15 is 0 Å². The van der Waals surface area contributed by atoms with Crippen LogP contribution in [0.5, 0.6) is 0 Å². The average Bonchev–Trinajstić information content (AvgIpc) is 3.61. The Labute approximate surface area is 206 Å². The Hall–Kier alpha value is -2.16. The van der Waals surface area contributed by atoms with Crippen LogP contribution in [0.4, 0.5) is 4.39 Å². The predicted octanol–water partition coefficient (Wildman–Crippen LogP) is 4.47. The molecule has 32 heavy (non-hydrogen) atoms. The maximum absolute atomic E-state index is 13.6. The number of nitrogens with one attached hydrogen (secondary N) is 2. The minimum absolute atomic E-state index is 0. The van der Waals surface area contributed by atoms with Crippen LogP contribution in [-0.2, 0) is 12.0 Å². The highest BCUT2D eigenvalue weighted by atomic mass is 127. The van der Waals surface area contributed by atoms with Crippen LogP contribution in [0, 0.1) is 5.82 Å². The molecule has 4 rings (SSSR count). The van der Waals surface area contributed by atoms with Crippen LogP contribution in [0.25, 0.3) is 0 Å². The minimum Gasteiger partial charge on any atom is -0.356 e. The summed E-state index contributed by atoms with van der Waals surface area (Å²) < 4.78 is 13.6. The number of carbonyl (C=O) groups excluding carboxylic acids is 1. The molecule has 5 nitrogen and oxygen atoms in total. The quantitative estimate of drug-likeness (QED) is 0.317. The third-order valence-electron chi connectivity index (χ3n) is 6.39. The number of hydrogen-bond acceptors (Lipinski definition) is 2. The van der Waals surface area contributed by atoms with Crippen molar-refractivity contribution < 1.29 is 9.18 Å². The molecule has 1 heterocycles. The molecule has 0 atom stereocenters. The lowest BCUT2D eigenvalue weighted by Crippen LogP contribution is -2.41. The van der Waals surface area contributed by atoms with Gasteiger partial charge in [0, 0.05) is 44.2 Å². The third kappa shape index (κ3) is 5.99. The van der Waals surface area contributed by atoms with Gasteiger partial charge in [0.15, 0.2) is 5.96 Å². The fourth-order valence-corrected chi connectivity index (χ4v) is 4.29. The van der Waals surface area contributed by atoms with E-state index in [9.17, 15) is 9.18 Å². The Morgan fingerprint density at radius 1 is 1.06 bits per heavy atom. The summed E-state index contributed by atoms with van der Waals surface area (Å²) >= 11 is 0. The second kappa shape index (κ2) is 11.1. The molecule has 0 bridgehead atoms. The summed E-state index contributed by atoms with van der Waals surface area (Å²) in [6.07, 6.45) is 5.47. The van der Waals surface area contributed by atoms with Gasteiger partial charge in [-0.2, -0.15) is 0 Å². The number of likely N-dealkylation sites (tertiary alicyclic amines) is 1. The van der Waals surface area contributed by atoms with Crippen LogP contribution in [-0.4, -0.2) is 43.4 Å². The predicted molar refractivity (Wildman–Crippen MR) is 137 cm³/mol. The topological polar surface area (TPSA) is 56.7 Å². The normalized spacial score (nSPS) is 17.3. The summed E-state index contributed by atoms with van der Waals surface area (Å²) in [5, 5.41) is 6.73. The first-order valence-corrected chi connectivity index (χ1v) is 11.2. The molecule has 0 aromatic heterocycles. The summed E-state index contributed by atoms with van der Waals surface area (Å²) in [4.78, 5) is 19.0. The molecule has 1 amide bonds. The number of rotatable bonds is 6. The maximum atomic E-state index is 13.6. The van der Waals surface area contributed by atoms with Crippen LogP contribution < -0.4 is 10.6 Å². The van der Waals surface area contributed by atoms with Crippen LogP contribution in [0.2, 0.25) is 0 Å². The maximum Gasteiger partial charge on any atom is 0.253 e. The highest BCUT2D eigenvalue weighted by Crippen LogP contribution is 2.47. The molecule has 2 aromatic rings. The van der Waals surface area contributed by atoms with Gasteiger partial charge in [0.1, 0.15) is 5.82 Å². The van der Waals surface area contributed by atoms with E-state index in [0.29, 0.717) is 19.0 Å². The second-order valence-electron chi connectivity index (χ2n) is 8.62. The molecular formula is C25H32FIN4O. The summed E-state index contributed by atoms with van der Waals surface area (Å²) in [6, 6.07) is 14.7. The minimum atomic E-state index is -0.190. The monoisotopic (exact) mass is 550 g/mol. The number of aliphatic imine (C=N–C) groups is 1. The molecule has 172 valence electrons. The summed E-state index contributed by atoms with van der Waals surface area (Å²) in [5.41, 5.74) is 2.81. The van der Waals surface area contributed by atoms with Crippen molar-refractivity contribution in [3.05, 3.63) is 71.0 Å². The van der Waals surface area contributed by atoms with E-state index in [2.05, 4.69) is 15.6 Å². The lowest BCUT2D eigenvalue weighted by Gasteiger charge is -2.26. The van der Waals surface area contributed by atoms with Crippen molar-refractivity contribution in [1.82, 2.24) is 15.5 Å². The van der Waals surface area contributed by atoms with Crippen LogP contribution in [0.15, 0.2) is 53.5 Å². The van der Waals surface area contributed by atoms with E-state index < -0.39 is 0 Å². The van der Waals surface area contributed by atoms with Gasteiger partial charge in [-0.1, -0.05) is 24.3 Å². The largest absolute Gasteiger partial charge is 0.356 e. The van der Waals surface area contributed by atoms with Crippen LogP contribution in [0.3, 0.4) is 0 Å². The number of hydrogen-bond donors (Lipinski definition) is 2. The van der Waals surface area contributed by atoms with E-state index in [1.807, 2.05) is 35.2 Å². The van der Waals surface area contributed by atoms with E-state index in [1.54, 1.807) is 19.2 Å². The molecule has 2 aromatic carbocycles. The molecule has 1 aliphatic heterocycles. The molecule has 0 radical (unpaired) electrons. The van der Waals surface area contributed by atoms with Gasteiger partial charge in [0.05, 0.1) is 0 Å². The van der Waals surface area contributed by atoms with Gasteiger partial charge in [0.25, 0.3) is 5.91 Å². The molecule has 1 saturated heterocycles. The zero-order valence-corrected chi connectivity index (χ0v) is 20.9. The van der Waals surface area contributed by atoms with Gasteiger partial charge < -0.3 is 15.5 Å². The third-order valence-corrected chi connectivity index (χ3v) is 6.39. The molecule has 7 heteroatoms. The summed E-state index contributed by atoms with van der Waals surface area (Å²) in [6.45, 7) is 2.99. The molecule has 2 N–H and O–H groups in total. The molecule has 1 saturated carbocycles. The van der Waals surface area contributed by atoms with Crippen molar-refractivity contribution in [3.63, 3.8) is 0 Å². The first kappa shape index (κ1) is 24.5. The highest BCUT2D eigenvalue weighted by molar-refractivity contribution is 14.0. The van der Waals surface area contributed by atoms with Crippen molar-refractivity contribution in [3.8, 4) is 0 Å². The number of amides is 1. The number of piperidine rings is 1. The van der Waals surface area contributed by atoms with Crippen molar-refractivity contribution in [2.75, 3.05) is 26.7 Å². The fraction of sp³-hybridized carbons (Fsp3) is 0.440. The molecule has 2 fully saturated rings. The SMILES string of the molecule is CN=C(NCc1cccc(C(=O)N2CCCCC2)c1)NCC1(c2cccc(F)c2)CC1.I. The van der Waals surface area contributed by atoms with Crippen molar-refractivity contribution in [2.45, 2.75) is 44.1 Å². The Bertz CT molecular complexity index is 954. The van der Waals surface area contributed by atoms with Gasteiger partial charge in [-0.25, -0.2) is 4.39 Å². The van der Waals surface area contributed by atoms with Gasteiger partial charge >= 0.3 is 0 Å². The molecule has 1 aliphatic carbocycles. The van der Waals surface area contributed by atoms with E-state index in [1.165, 1.54) is 12.5 Å². The Morgan fingerprint density at radius 3 is 2.50 bits per heavy atom. The van der Waals surface area contributed by atoms with Crippen LogP contribution >= 0.6 is 24.0 Å². The first-order chi connectivity index (χ1) is 15.1. The average molecular weight is 550 g/mol. The van der Waals surface area contributed by atoms with Crippen molar-refractivity contribution in [1.29, 1.82) is 0 Å². The fourth-order valence-electron chi connectivity index (χ4n) is 4.29. The van der Waals surface area contributed by atoms with E-state index in [4.69, 9.17) is 0 Å². The Balaban J connectivity index is 0.00000289. The highest BCUT2D eigenvalue weighted by Gasteiger charge is 2.44.